The number of carbonyl (C=O) groups excluding carboxylic acids is 2. The number of allylic oxidation sites excluding steroid dienone is 4. The lowest BCUT2D eigenvalue weighted by molar-refractivity contribution is -0.143. The van der Waals surface area contributed by atoms with E-state index >= 15 is 0 Å². The van der Waals surface area contributed by atoms with Crippen LogP contribution in [-0.2, 0) is 19.2 Å². The highest BCUT2D eigenvalue weighted by molar-refractivity contribution is 5.98. The van der Waals surface area contributed by atoms with Gasteiger partial charge in [0.05, 0.1) is 22.8 Å². The molecule has 0 fully saturated rings. The van der Waals surface area contributed by atoms with Crippen LogP contribution in [0.15, 0.2) is 37.4 Å². The summed E-state index contributed by atoms with van der Waals surface area (Å²) >= 11 is 0. The van der Waals surface area contributed by atoms with Crippen LogP contribution in [0.1, 0.15) is 112 Å². The van der Waals surface area contributed by atoms with Gasteiger partial charge in [0.15, 0.2) is 0 Å². The molecule has 294 valence electrons. The van der Waals surface area contributed by atoms with E-state index in [4.69, 9.17) is 9.97 Å². The van der Waals surface area contributed by atoms with E-state index in [0.717, 1.165) is 66.6 Å². The van der Waals surface area contributed by atoms with Crippen molar-refractivity contribution in [3.63, 3.8) is 0 Å². The second-order valence-corrected chi connectivity index (χ2v) is 15.2. The third-order valence-corrected chi connectivity index (χ3v) is 10.7. The Balaban J connectivity index is 1.72. The van der Waals surface area contributed by atoms with Gasteiger partial charge in [0.1, 0.15) is 12.1 Å². The monoisotopic (exact) mass is 760 g/mol. The first-order chi connectivity index (χ1) is 26.4. The highest BCUT2D eigenvalue weighted by atomic mass is 16.4. The fraction of sp³-hybridized carbons (Fsp3) is 0.364. The SMILES string of the molecule is C=Cc1c(C)c2cc3[nH]c(cc4nc(cc5nc(cc1[nH]2)C(C)=C5CCC(=O)N[C@H](C(=O)O)C(C)C)C(CCC(=O)N[C@H](C(=O)O)C(C)C)=C4C)c(C)c3C=C. The molecule has 3 aromatic rings. The smallest absolute Gasteiger partial charge is 0.326 e. The van der Waals surface area contributed by atoms with Crippen LogP contribution < -0.4 is 10.6 Å². The van der Waals surface area contributed by atoms with E-state index < -0.39 is 24.0 Å². The Hall–Kier alpha value is -6.04. The molecule has 56 heavy (non-hydrogen) atoms. The number of H-pyrrole nitrogens is 2. The van der Waals surface area contributed by atoms with Gasteiger partial charge in [-0.15, -0.1) is 0 Å². The Morgan fingerprint density at radius 1 is 0.625 bits per heavy atom. The van der Waals surface area contributed by atoms with Crippen molar-refractivity contribution < 1.29 is 29.4 Å². The summed E-state index contributed by atoms with van der Waals surface area (Å²) in [7, 11) is 0. The number of aromatic nitrogens is 4. The summed E-state index contributed by atoms with van der Waals surface area (Å²) in [5.74, 6) is -3.55. The van der Waals surface area contributed by atoms with Gasteiger partial charge >= 0.3 is 11.9 Å². The number of rotatable bonds is 14. The minimum absolute atomic E-state index is 0.0297. The maximum absolute atomic E-state index is 13.2. The highest BCUT2D eigenvalue weighted by Gasteiger charge is 2.27. The molecular formula is C44H52N6O6. The van der Waals surface area contributed by atoms with Gasteiger partial charge in [-0.2, -0.15) is 0 Å². The number of hydrogen-bond acceptors (Lipinski definition) is 6. The van der Waals surface area contributed by atoms with Crippen molar-refractivity contribution in [2.45, 2.75) is 93.2 Å². The number of aliphatic carboxylic acids is 2. The third kappa shape index (κ3) is 8.44. The van der Waals surface area contributed by atoms with E-state index in [0.29, 0.717) is 22.8 Å². The molecule has 2 atom stereocenters. The molecule has 2 aliphatic rings. The minimum Gasteiger partial charge on any atom is -0.480 e. The van der Waals surface area contributed by atoms with Gasteiger partial charge in [0.2, 0.25) is 11.8 Å². The Kier molecular flexibility index (Phi) is 12.3. The summed E-state index contributed by atoms with van der Waals surface area (Å²) in [5.41, 5.74) is 13.1. The number of fused-ring (bicyclic) bond motifs is 8. The molecule has 5 heterocycles. The van der Waals surface area contributed by atoms with Gasteiger partial charge < -0.3 is 30.8 Å². The largest absolute Gasteiger partial charge is 0.480 e. The van der Waals surface area contributed by atoms with Crippen LogP contribution in [0.2, 0.25) is 0 Å². The van der Waals surface area contributed by atoms with Crippen molar-refractivity contribution in [2.24, 2.45) is 11.8 Å². The van der Waals surface area contributed by atoms with E-state index in [-0.39, 0.29) is 49.3 Å². The van der Waals surface area contributed by atoms with Crippen molar-refractivity contribution in [1.82, 2.24) is 30.6 Å². The van der Waals surface area contributed by atoms with Crippen LogP contribution in [0.3, 0.4) is 0 Å². The molecule has 12 nitrogen and oxygen atoms in total. The Bertz CT molecular complexity index is 2370. The molecule has 2 amide bonds. The molecule has 0 aliphatic carbocycles. The van der Waals surface area contributed by atoms with Crippen LogP contribution >= 0.6 is 0 Å². The second kappa shape index (κ2) is 16.8. The zero-order valence-electron chi connectivity index (χ0n) is 33.4. The zero-order valence-corrected chi connectivity index (χ0v) is 33.4. The molecular weight excluding hydrogens is 709 g/mol. The van der Waals surface area contributed by atoms with Crippen LogP contribution in [-0.4, -0.2) is 66.0 Å². The topological polar surface area (TPSA) is 190 Å². The van der Waals surface area contributed by atoms with Crippen LogP contribution in [0.5, 0.6) is 0 Å². The van der Waals surface area contributed by atoms with Crippen molar-refractivity contribution >= 4 is 80.3 Å². The number of carbonyl (C=O) groups is 4. The number of nitrogens with zero attached hydrogens (tertiary/aromatic N) is 2. The number of carboxylic acid groups (broad SMARTS) is 2. The predicted octanol–water partition coefficient (Wildman–Crippen LogP) is 8.09. The lowest BCUT2D eigenvalue weighted by Crippen LogP contribution is -2.44. The van der Waals surface area contributed by atoms with Crippen LogP contribution in [0.25, 0.3) is 56.5 Å². The third-order valence-electron chi connectivity index (χ3n) is 10.7. The van der Waals surface area contributed by atoms with E-state index in [1.807, 2.05) is 58.0 Å². The summed E-state index contributed by atoms with van der Waals surface area (Å²) < 4.78 is 0. The number of carboxylic acids is 2. The molecule has 0 saturated carbocycles. The molecule has 0 spiro atoms. The molecule has 6 N–H and O–H groups in total. The summed E-state index contributed by atoms with van der Waals surface area (Å²) in [6.07, 6.45) is 4.25. The molecule has 5 rings (SSSR count). The molecule has 0 unspecified atom stereocenters. The van der Waals surface area contributed by atoms with Crippen LogP contribution in [0.4, 0.5) is 0 Å². The lowest BCUT2D eigenvalue weighted by Gasteiger charge is -2.18. The lowest BCUT2D eigenvalue weighted by atomic mass is 9.97. The van der Waals surface area contributed by atoms with Gasteiger partial charge in [-0.25, -0.2) is 19.6 Å². The van der Waals surface area contributed by atoms with Gasteiger partial charge in [0.25, 0.3) is 0 Å². The van der Waals surface area contributed by atoms with Gasteiger partial charge in [-0.3, -0.25) is 9.59 Å². The number of aryl methyl sites for hydroxylation is 2. The van der Waals surface area contributed by atoms with Crippen molar-refractivity contribution in [3.8, 4) is 0 Å². The highest BCUT2D eigenvalue weighted by Crippen LogP contribution is 2.38. The Morgan fingerprint density at radius 3 is 1.38 bits per heavy atom. The first-order valence-corrected chi connectivity index (χ1v) is 18.9. The summed E-state index contributed by atoms with van der Waals surface area (Å²) in [4.78, 5) is 67.3. The molecule has 0 aromatic carbocycles. The summed E-state index contributed by atoms with van der Waals surface area (Å²) in [6, 6.07) is 5.83. The number of amides is 2. The van der Waals surface area contributed by atoms with E-state index in [1.54, 1.807) is 33.8 Å². The Morgan fingerprint density at radius 2 is 1.00 bits per heavy atom. The van der Waals surface area contributed by atoms with Gasteiger partial charge in [-0.05, 0) is 110 Å². The quantitative estimate of drug-likeness (QED) is 0.0950. The zero-order chi connectivity index (χ0) is 41.2. The average molecular weight is 761 g/mol. The Labute approximate surface area is 327 Å². The molecule has 8 bridgehead atoms. The minimum atomic E-state index is -1.09. The van der Waals surface area contributed by atoms with E-state index in [2.05, 4.69) is 33.8 Å². The molecule has 0 radical (unpaired) electrons. The van der Waals surface area contributed by atoms with Gasteiger partial charge in [0, 0.05) is 46.0 Å². The van der Waals surface area contributed by atoms with E-state index in [1.165, 1.54) is 0 Å². The average Bonchev–Trinajstić information content (AvgIpc) is 3.79. The maximum Gasteiger partial charge on any atom is 0.326 e. The van der Waals surface area contributed by atoms with E-state index in [9.17, 15) is 29.4 Å². The first kappa shape index (κ1) is 41.1. The standard InChI is InChI=1S/C44H52N6O6/c1-11-27-23(7)31-17-32-25(9)29(13-15-39(51)49-41(21(3)4)43(53)54)37(47-32)20-38-30(14-16-40(52)50-42(22(5)6)44(55)56)26(10)34(48-38)19-36-28(12-2)24(8)33(46-36)18-35(27)45-31/h11-12,17-22,41-42,45-46H,1-2,13-16H2,3-10H3,(H,49,51)(H,50,52)(H,53,54)(H,55,56)/t41-,42-/m0/s1. The molecule has 12 heteroatoms. The van der Waals surface area contributed by atoms with Crippen LogP contribution in [0, 0.1) is 25.7 Å². The summed E-state index contributed by atoms with van der Waals surface area (Å²) in [6.45, 7) is 23.1. The molecule has 3 aromatic heterocycles. The number of nitrogens with one attached hydrogen (secondary N) is 4. The van der Waals surface area contributed by atoms with Crippen molar-refractivity contribution in [2.75, 3.05) is 0 Å². The second-order valence-electron chi connectivity index (χ2n) is 15.2. The fourth-order valence-corrected chi connectivity index (χ4v) is 7.30. The normalized spacial score (nSPS) is 13.9. The van der Waals surface area contributed by atoms with Gasteiger partial charge in [-0.1, -0.05) is 53.0 Å². The predicted molar refractivity (Wildman–Crippen MR) is 223 cm³/mol. The summed E-state index contributed by atoms with van der Waals surface area (Å²) in [5, 5.41) is 24.7. The molecule has 2 aliphatic heterocycles. The van der Waals surface area contributed by atoms with Crippen molar-refractivity contribution in [3.05, 3.63) is 82.5 Å². The molecule has 0 saturated heterocycles. The fourth-order valence-electron chi connectivity index (χ4n) is 7.30. The van der Waals surface area contributed by atoms with Crippen molar-refractivity contribution in [1.29, 1.82) is 0 Å². The number of aromatic amines is 2. The maximum atomic E-state index is 13.2. The number of hydrogen-bond donors (Lipinski definition) is 6. The first-order valence-electron chi connectivity index (χ1n) is 18.9.